The van der Waals surface area contributed by atoms with E-state index in [1.807, 2.05) is 24.3 Å². The fourth-order valence-corrected chi connectivity index (χ4v) is 2.47. The van der Waals surface area contributed by atoms with Gasteiger partial charge in [-0.2, -0.15) is 0 Å². The molecule has 0 aliphatic carbocycles. The first-order valence-corrected chi connectivity index (χ1v) is 7.31. The van der Waals surface area contributed by atoms with E-state index in [1.54, 1.807) is 12.3 Å². The van der Waals surface area contributed by atoms with Crippen LogP contribution in [0.25, 0.3) is 0 Å². The van der Waals surface area contributed by atoms with Crippen LogP contribution in [-0.2, 0) is 12.8 Å². The quantitative estimate of drug-likeness (QED) is 0.807. The van der Waals surface area contributed by atoms with Gasteiger partial charge >= 0.3 is 0 Å². The third kappa shape index (κ3) is 4.33. The second-order valence-corrected chi connectivity index (χ2v) is 5.01. The van der Waals surface area contributed by atoms with Gasteiger partial charge in [0.1, 0.15) is 5.76 Å². The highest BCUT2D eigenvalue weighted by atomic mass is 19.1. The van der Waals surface area contributed by atoms with Crippen molar-refractivity contribution in [3.05, 3.63) is 53.7 Å². The molecule has 4 heteroatoms. The summed E-state index contributed by atoms with van der Waals surface area (Å²) >= 11 is 0. The van der Waals surface area contributed by atoms with Crippen LogP contribution < -0.4 is 10.1 Å². The standard InChI is InChI=1S/C17H22FNO2/c1-3-19-14(9-10-15-7-5-11-21-15)12-13-6-4-8-16(20-2)17(13)18/h4-8,11,14,19H,3,9-10,12H2,1-2H3. The van der Waals surface area contributed by atoms with Crippen molar-refractivity contribution in [3.8, 4) is 5.75 Å². The maximum Gasteiger partial charge on any atom is 0.168 e. The lowest BCUT2D eigenvalue weighted by atomic mass is 10.0. The number of nitrogens with one attached hydrogen (secondary N) is 1. The van der Waals surface area contributed by atoms with Crippen molar-refractivity contribution < 1.29 is 13.5 Å². The van der Waals surface area contributed by atoms with Gasteiger partial charge < -0.3 is 14.5 Å². The fourth-order valence-electron chi connectivity index (χ4n) is 2.47. The average Bonchev–Trinajstić information content (AvgIpc) is 3.00. The van der Waals surface area contributed by atoms with Crippen LogP contribution in [0.15, 0.2) is 41.0 Å². The first-order valence-electron chi connectivity index (χ1n) is 7.31. The van der Waals surface area contributed by atoms with Crippen LogP contribution in [-0.4, -0.2) is 19.7 Å². The van der Waals surface area contributed by atoms with Crippen LogP contribution in [0, 0.1) is 5.82 Å². The molecule has 0 fully saturated rings. The number of hydrogen-bond donors (Lipinski definition) is 1. The van der Waals surface area contributed by atoms with Crippen molar-refractivity contribution in [1.82, 2.24) is 5.32 Å². The summed E-state index contributed by atoms with van der Waals surface area (Å²) in [6.07, 6.45) is 4.06. The van der Waals surface area contributed by atoms with Crippen LogP contribution in [0.4, 0.5) is 4.39 Å². The monoisotopic (exact) mass is 291 g/mol. The lowest BCUT2D eigenvalue weighted by molar-refractivity contribution is 0.381. The molecule has 0 spiro atoms. The van der Waals surface area contributed by atoms with Gasteiger partial charge in [0.25, 0.3) is 0 Å². The van der Waals surface area contributed by atoms with Gasteiger partial charge in [-0.3, -0.25) is 0 Å². The summed E-state index contributed by atoms with van der Waals surface area (Å²) in [5.41, 5.74) is 0.680. The van der Waals surface area contributed by atoms with Gasteiger partial charge in [0.2, 0.25) is 0 Å². The van der Waals surface area contributed by atoms with Crippen molar-refractivity contribution in [3.63, 3.8) is 0 Å². The van der Waals surface area contributed by atoms with Gasteiger partial charge in [-0.05, 0) is 43.1 Å². The Labute approximate surface area is 125 Å². The molecule has 1 atom stereocenters. The molecule has 0 amide bonds. The third-order valence-corrected chi connectivity index (χ3v) is 3.54. The molecular weight excluding hydrogens is 269 g/mol. The maximum atomic E-state index is 14.2. The number of aryl methyl sites for hydroxylation is 1. The zero-order chi connectivity index (χ0) is 15.1. The minimum Gasteiger partial charge on any atom is -0.494 e. The third-order valence-electron chi connectivity index (χ3n) is 3.54. The topological polar surface area (TPSA) is 34.4 Å². The molecule has 0 saturated carbocycles. The summed E-state index contributed by atoms with van der Waals surface area (Å²) in [5.74, 6) is 0.999. The molecule has 1 unspecified atom stereocenters. The molecule has 2 aromatic rings. The van der Waals surface area contributed by atoms with E-state index in [9.17, 15) is 4.39 Å². The number of furan rings is 1. The zero-order valence-corrected chi connectivity index (χ0v) is 12.6. The Morgan fingerprint density at radius 2 is 2.14 bits per heavy atom. The number of benzene rings is 1. The molecule has 1 N–H and O–H groups in total. The highest BCUT2D eigenvalue weighted by Gasteiger charge is 2.14. The van der Waals surface area contributed by atoms with Crippen LogP contribution in [0.3, 0.4) is 0 Å². The van der Waals surface area contributed by atoms with E-state index >= 15 is 0 Å². The summed E-state index contributed by atoms with van der Waals surface area (Å²) in [5, 5.41) is 3.41. The van der Waals surface area contributed by atoms with E-state index in [-0.39, 0.29) is 11.9 Å². The highest BCUT2D eigenvalue weighted by Crippen LogP contribution is 2.22. The minimum absolute atomic E-state index is 0.210. The normalized spacial score (nSPS) is 12.3. The Balaban J connectivity index is 2.01. The number of ether oxygens (including phenoxy) is 1. The van der Waals surface area contributed by atoms with Crippen molar-refractivity contribution >= 4 is 0 Å². The second kappa shape index (κ2) is 7.84. The Morgan fingerprint density at radius 1 is 1.29 bits per heavy atom. The Kier molecular flexibility index (Phi) is 5.81. The molecule has 0 aliphatic heterocycles. The lowest BCUT2D eigenvalue weighted by Crippen LogP contribution is -2.31. The first-order chi connectivity index (χ1) is 10.2. The van der Waals surface area contributed by atoms with E-state index in [0.717, 1.165) is 25.1 Å². The van der Waals surface area contributed by atoms with E-state index in [4.69, 9.17) is 9.15 Å². The molecule has 114 valence electrons. The molecule has 21 heavy (non-hydrogen) atoms. The highest BCUT2D eigenvalue weighted by molar-refractivity contribution is 5.31. The Morgan fingerprint density at radius 3 is 2.81 bits per heavy atom. The summed E-state index contributed by atoms with van der Waals surface area (Å²) in [6.45, 7) is 2.91. The molecule has 0 saturated heterocycles. The van der Waals surface area contributed by atoms with E-state index in [1.165, 1.54) is 7.11 Å². The lowest BCUT2D eigenvalue weighted by Gasteiger charge is -2.18. The fraction of sp³-hybridized carbons (Fsp3) is 0.412. The summed E-state index contributed by atoms with van der Waals surface area (Å²) in [4.78, 5) is 0. The van der Waals surface area contributed by atoms with Crippen LogP contribution in [0.1, 0.15) is 24.7 Å². The minimum atomic E-state index is -0.263. The molecule has 2 rings (SSSR count). The van der Waals surface area contributed by atoms with Crippen LogP contribution in [0.5, 0.6) is 5.75 Å². The Hall–Kier alpha value is -1.81. The largest absolute Gasteiger partial charge is 0.494 e. The van der Waals surface area contributed by atoms with Gasteiger partial charge in [-0.15, -0.1) is 0 Å². The van der Waals surface area contributed by atoms with E-state index < -0.39 is 0 Å². The molecule has 0 aliphatic rings. The molecule has 1 aromatic heterocycles. The van der Waals surface area contributed by atoms with Crippen molar-refractivity contribution in [1.29, 1.82) is 0 Å². The SMILES string of the molecule is CCNC(CCc1ccco1)Cc1cccc(OC)c1F. The number of methoxy groups -OCH3 is 1. The van der Waals surface area contributed by atoms with Crippen LogP contribution in [0.2, 0.25) is 0 Å². The number of hydrogen-bond acceptors (Lipinski definition) is 3. The summed E-state index contributed by atoms with van der Waals surface area (Å²) < 4.78 is 24.6. The van der Waals surface area contributed by atoms with Gasteiger partial charge in [-0.25, -0.2) is 4.39 Å². The molecule has 1 aromatic carbocycles. The first kappa shape index (κ1) is 15.6. The zero-order valence-electron chi connectivity index (χ0n) is 12.6. The smallest absolute Gasteiger partial charge is 0.168 e. The Bertz CT molecular complexity index is 540. The van der Waals surface area contributed by atoms with Crippen molar-refractivity contribution in [2.75, 3.05) is 13.7 Å². The summed E-state index contributed by atoms with van der Waals surface area (Å²) in [7, 11) is 1.49. The van der Waals surface area contributed by atoms with Gasteiger partial charge in [0.15, 0.2) is 11.6 Å². The molecule has 0 radical (unpaired) electrons. The molecule has 0 bridgehead atoms. The predicted octanol–water partition coefficient (Wildman–Crippen LogP) is 3.58. The van der Waals surface area contributed by atoms with Crippen molar-refractivity contribution in [2.45, 2.75) is 32.2 Å². The molecule has 1 heterocycles. The molecular formula is C17H22FNO2. The summed E-state index contributed by atoms with van der Waals surface area (Å²) in [6, 6.07) is 9.35. The van der Waals surface area contributed by atoms with E-state index in [2.05, 4.69) is 12.2 Å². The van der Waals surface area contributed by atoms with Gasteiger partial charge in [0.05, 0.1) is 13.4 Å². The van der Waals surface area contributed by atoms with Crippen LogP contribution >= 0.6 is 0 Å². The second-order valence-electron chi connectivity index (χ2n) is 5.01. The average molecular weight is 291 g/mol. The predicted molar refractivity (Wildman–Crippen MR) is 81.1 cm³/mol. The van der Waals surface area contributed by atoms with E-state index in [0.29, 0.717) is 17.7 Å². The van der Waals surface area contributed by atoms with Gasteiger partial charge in [0, 0.05) is 12.5 Å². The number of halogens is 1. The van der Waals surface area contributed by atoms with Crippen molar-refractivity contribution in [2.24, 2.45) is 0 Å². The molecule has 3 nitrogen and oxygen atoms in total. The number of likely N-dealkylation sites (N-methyl/N-ethyl adjacent to an activating group) is 1. The van der Waals surface area contributed by atoms with Gasteiger partial charge in [-0.1, -0.05) is 19.1 Å². The number of rotatable bonds is 8. The maximum absolute atomic E-state index is 14.2.